The lowest BCUT2D eigenvalue weighted by Gasteiger charge is -2.22. The molecule has 1 aromatic heterocycles. The monoisotopic (exact) mass is 310 g/mol. The second-order valence-electron chi connectivity index (χ2n) is 5.53. The number of carbonyl (C=O) groups is 2. The highest BCUT2D eigenvalue weighted by Crippen LogP contribution is 2.29. The summed E-state index contributed by atoms with van der Waals surface area (Å²) in [4.78, 5) is 34.1. The second kappa shape index (κ2) is 6.56. The molecule has 2 aromatic rings. The van der Waals surface area contributed by atoms with Gasteiger partial charge in [-0.2, -0.15) is 0 Å². The van der Waals surface area contributed by atoms with Gasteiger partial charge in [0, 0.05) is 37.6 Å². The fourth-order valence-electron chi connectivity index (χ4n) is 2.41. The summed E-state index contributed by atoms with van der Waals surface area (Å²) in [7, 11) is 1.60. The van der Waals surface area contributed by atoms with Crippen LogP contribution in [0.15, 0.2) is 42.9 Å². The summed E-state index contributed by atoms with van der Waals surface area (Å²) >= 11 is 0. The van der Waals surface area contributed by atoms with Gasteiger partial charge in [0.05, 0.1) is 6.20 Å². The van der Waals surface area contributed by atoms with Crippen LogP contribution in [0, 0.1) is 0 Å². The Bertz CT molecular complexity index is 696. The molecule has 1 aliphatic carbocycles. The van der Waals surface area contributed by atoms with Crippen LogP contribution in [-0.4, -0.2) is 39.8 Å². The summed E-state index contributed by atoms with van der Waals surface area (Å²) in [5.41, 5.74) is 1.96. The van der Waals surface area contributed by atoms with Gasteiger partial charge < -0.3 is 10.2 Å². The number of rotatable bonds is 5. The molecular weight excluding hydrogens is 292 g/mol. The molecule has 1 saturated carbocycles. The fourth-order valence-corrected chi connectivity index (χ4v) is 2.41. The first-order chi connectivity index (χ1) is 11.2. The molecule has 6 heteroatoms. The smallest absolute Gasteiger partial charge is 0.274 e. The van der Waals surface area contributed by atoms with Crippen molar-refractivity contribution >= 4 is 11.8 Å². The summed E-state index contributed by atoms with van der Waals surface area (Å²) in [6.45, 7) is 0.508. The maximum Gasteiger partial charge on any atom is 0.274 e. The molecule has 1 N–H and O–H groups in total. The number of nitrogens with one attached hydrogen (secondary N) is 1. The van der Waals surface area contributed by atoms with Crippen molar-refractivity contribution in [2.75, 3.05) is 7.05 Å². The Morgan fingerprint density at radius 1 is 1.22 bits per heavy atom. The Hall–Kier alpha value is -2.76. The van der Waals surface area contributed by atoms with Crippen molar-refractivity contribution in [2.45, 2.75) is 25.4 Å². The summed E-state index contributed by atoms with van der Waals surface area (Å²) in [5, 5.41) is 2.59. The molecule has 1 fully saturated rings. The SMILES string of the molecule is CNC(=O)c1ccc(CN(C(=O)c2cnccn2)C2CC2)cc1. The highest BCUT2D eigenvalue weighted by atomic mass is 16.2. The molecular formula is C17H18N4O2. The standard InChI is InChI=1S/C17H18N4O2/c1-18-16(22)13-4-2-12(3-5-13)11-21(14-6-7-14)17(23)15-10-19-8-9-20-15/h2-5,8-10,14H,6-7,11H2,1H3,(H,18,22). The first kappa shape index (κ1) is 15.1. The van der Waals surface area contributed by atoms with Crippen LogP contribution in [0.25, 0.3) is 0 Å². The first-order valence-electron chi connectivity index (χ1n) is 7.57. The van der Waals surface area contributed by atoms with Crippen molar-refractivity contribution in [3.63, 3.8) is 0 Å². The molecule has 0 bridgehead atoms. The molecule has 0 radical (unpaired) electrons. The Morgan fingerprint density at radius 3 is 2.52 bits per heavy atom. The maximum absolute atomic E-state index is 12.6. The van der Waals surface area contributed by atoms with Gasteiger partial charge in [-0.15, -0.1) is 0 Å². The van der Waals surface area contributed by atoms with Crippen LogP contribution in [0.5, 0.6) is 0 Å². The van der Waals surface area contributed by atoms with Crippen molar-refractivity contribution in [3.8, 4) is 0 Å². The van der Waals surface area contributed by atoms with E-state index in [1.807, 2.05) is 17.0 Å². The maximum atomic E-state index is 12.6. The molecule has 0 spiro atoms. The van der Waals surface area contributed by atoms with Gasteiger partial charge in [-0.3, -0.25) is 14.6 Å². The van der Waals surface area contributed by atoms with E-state index in [2.05, 4.69) is 15.3 Å². The van der Waals surface area contributed by atoms with E-state index in [0.717, 1.165) is 18.4 Å². The lowest BCUT2D eigenvalue weighted by Crippen LogP contribution is -2.33. The summed E-state index contributed by atoms with van der Waals surface area (Å²) in [5.74, 6) is -0.220. The Kier molecular flexibility index (Phi) is 4.32. The number of aromatic nitrogens is 2. The number of nitrogens with zero attached hydrogens (tertiary/aromatic N) is 3. The Balaban J connectivity index is 1.75. The minimum absolute atomic E-state index is 0.101. The fraction of sp³-hybridized carbons (Fsp3) is 0.294. The molecule has 118 valence electrons. The normalized spacial score (nSPS) is 13.4. The van der Waals surface area contributed by atoms with Gasteiger partial charge in [-0.1, -0.05) is 12.1 Å². The molecule has 23 heavy (non-hydrogen) atoms. The minimum atomic E-state index is -0.119. The third-order valence-corrected chi connectivity index (χ3v) is 3.83. The zero-order valence-corrected chi connectivity index (χ0v) is 12.9. The van der Waals surface area contributed by atoms with E-state index in [-0.39, 0.29) is 17.9 Å². The molecule has 0 aliphatic heterocycles. The largest absolute Gasteiger partial charge is 0.355 e. The topological polar surface area (TPSA) is 75.2 Å². The van der Waals surface area contributed by atoms with Crippen LogP contribution in [0.4, 0.5) is 0 Å². The average Bonchev–Trinajstić information content (AvgIpc) is 3.44. The van der Waals surface area contributed by atoms with Crippen molar-refractivity contribution in [2.24, 2.45) is 0 Å². The third kappa shape index (κ3) is 3.53. The van der Waals surface area contributed by atoms with Gasteiger partial charge in [0.25, 0.3) is 11.8 Å². The van der Waals surface area contributed by atoms with Gasteiger partial charge in [0.1, 0.15) is 5.69 Å². The number of hydrogen-bond donors (Lipinski definition) is 1. The highest BCUT2D eigenvalue weighted by molar-refractivity contribution is 5.94. The van der Waals surface area contributed by atoms with E-state index in [9.17, 15) is 9.59 Å². The molecule has 6 nitrogen and oxygen atoms in total. The van der Waals surface area contributed by atoms with Crippen LogP contribution < -0.4 is 5.32 Å². The van der Waals surface area contributed by atoms with Gasteiger partial charge in [-0.05, 0) is 30.5 Å². The number of amides is 2. The Morgan fingerprint density at radius 2 is 1.96 bits per heavy atom. The molecule has 1 aromatic carbocycles. The van der Waals surface area contributed by atoms with Crippen molar-refractivity contribution < 1.29 is 9.59 Å². The molecule has 3 rings (SSSR count). The Labute approximate surface area is 134 Å². The van der Waals surface area contributed by atoms with Crippen LogP contribution in [0.2, 0.25) is 0 Å². The second-order valence-corrected chi connectivity index (χ2v) is 5.53. The zero-order chi connectivity index (χ0) is 16.2. The van der Waals surface area contributed by atoms with Gasteiger partial charge >= 0.3 is 0 Å². The number of benzene rings is 1. The molecule has 1 aliphatic rings. The average molecular weight is 310 g/mol. The quantitative estimate of drug-likeness (QED) is 0.911. The third-order valence-electron chi connectivity index (χ3n) is 3.83. The van der Waals surface area contributed by atoms with E-state index >= 15 is 0 Å². The summed E-state index contributed by atoms with van der Waals surface area (Å²) in [6, 6.07) is 7.56. The van der Waals surface area contributed by atoms with Crippen LogP contribution in [-0.2, 0) is 6.54 Å². The zero-order valence-electron chi connectivity index (χ0n) is 12.9. The highest BCUT2D eigenvalue weighted by Gasteiger charge is 2.33. The van der Waals surface area contributed by atoms with Crippen LogP contribution in [0.1, 0.15) is 39.3 Å². The van der Waals surface area contributed by atoms with E-state index in [4.69, 9.17) is 0 Å². The molecule has 0 unspecified atom stereocenters. The predicted molar refractivity (Wildman–Crippen MR) is 84.8 cm³/mol. The van der Waals surface area contributed by atoms with Crippen molar-refractivity contribution in [3.05, 3.63) is 59.7 Å². The van der Waals surface area contributed by atoms with E-state index in [1.54, 1.807) is 25.4 Å². The lowest BCUT2D eigenvalue weighted by molar-refractivity contribution is 0.0723. The summed E-state index contributed by atoms with van der Waals surface area (Å²) < 4.78 is 0. The van der Waals surface area contributed by atoms with Gasteiger partial charge in [0.2, 0.25) is 0 Å². The van der Waals surface area contributed by atoms with Crippen LogP contribution in [0.3, 0.4) is 0 Å². The lowest BCUT2D eigenvalue weighted by atomic mass is 10.1. The minimum Gasteiger partial charge on any atom is -0.355 e. The molecule has 0 atom stereocenters. The molecule has 0 saturated heterocycles. The van der Waals surface area contributed by atoms with Crippen molar-refractivity contribution in [1.82, 2.24) is 20.2 Å². The van der Waals surface area contributed by atoms with Crippen molar-refractivity contribution in [1.29, 1.82) is 0 Å². The molecule has 1 heterocycles. The van der Waals surface area contributed by atoms with E-state index in [1.165, 1.54) is 12.4 Å². The van der Waals surface area contributed by atoms with Crippen LogP contribution >= 0.6 is 0 Å². The predicted octanol–water partition coefficient (Wildman–Crippen LogP) is 1.64. The molecule has 2 amide bonds. The first-order valence-corrected chi connectivity index (χ1v) is 7.57. The van der Waals surface area contributed by atoms with Gasteiger partial charge in [-0.25, -0.2) is 4.98 Å². The summed E-state index contributed by atoms with van der Waals surface area (Å²) in [6.07, 6.45) is 6.60. The van der Waals surface area contributed by atoms with Gasteiger partial charge in [0.15, 0.2) is 0 Å². The number of carbonyl (C=O) groups excluding carboxylic acids is 2. The van der Waals surface area contributed by atoms with E-state index in [0.29, 0.717) is 17.8 Å². The number of hydrogen-bond acceptors (Lipinski definition) is 4. The van der Waals surface area contributed by atoms with E-state index < -0.39 is 0 Å².